The molecule has 16 heavy (non-hydrogen) atoms. The molecule has 1 N–H and O–H groups in total. The van der Waals surface area contributed by atoms with Crippen LogP contribution in [0.4, 0.5) is 8.78 Å². The maximum Gasteiger partial charge on any atom is 0.354 e. The van der Waals surface area contributed by atoms with Crippen molar-refractivity contribution in [1.29, 1.82) is 0 Å². The number of carbonyl (C=O) groups excluding carboxylic acids is 2. The van der Waals surface area contributed by atoms with Crippen molar-refractivity contribution in [1.82, 2.24) is 5.32 Å². The van der Waals surface area contributed by atoms with Crippen LogP contribution in [-0.4, -0.2) is 29.9 Å². The van der Waals surface area contributed by atoms with Crippen molar-refractivity contribution in [3.63, 3.8) is 0 Å². The lowest BCUT2D eigenvalue weighted by molar-refractivity contribution is -0.188. The lowest BCUT2D eigenvalue weighted by atomic mass is 9.97. The Bertz CT molecular complexity index is 313. The second kappa shape index (κ2) is 3.99. The molecule has 1 amide bonds. The first kappa shape index (κ1) is 11.3. The van der Waals surface area contributed by atoms with Gasteiger partial charge in [0.05, 0.1) is 0 Å². The highest BCUT2D eigenvalue weighted by molar-refractivity contribution is 6.01. The summed E-state index contributed by atoms with van der Waals surface area (Å²) in [5.41, 5.74) is 0. The quantitative estimate of drug-likeness (QED) is 0.571. The second-order valence-corrected chi connectivity index (χ2v) is 4.23. The number of halogens is 2. The van der Waals surface area contributed by atoms with Crippen LogP contribution in [0.25, 0.3) is 0 Å². The Labute approximate surface area is 91.3 Å². The van der Waals surface area contributed by atoms with Gasteiger partial charge in [-0.1, -0.05) is 6.42 Å². The van der Waals surface area contributed by atoms with Crippen LogP contribution in [0.3, 0.4) is 0 Å². The molecule has 6 heteroatoms. The third-order valence-corrected chi connectivity index (χ3v) is 3.01. The number of esters is 1. The first-order valence-corrected chi connectivity index (χ1v) is 5.41. The van der Waals surface area contributed by atoms with Crippen molar-refractivity contribution in [2.45, 2.75) is 50.2 Å². The molecule has 0 aromatic rings. The molecule has 0 spiro atoms. The van der Waals surface area contributed by atoms with Gasteiger partial charge in [-0.3, -0.25) is 4.79 Å². The zero-order valence-electron chi connectivity index (χ0n) is 8.67. The maximum absolute atomic E-state index is 12.9. The summed E-state index contributed by atoms with van der Waals surface area (Å²) in [5, 5.41) is 1.86. The van der Waals surface area contributed by atoms with Gasteiger partial charge in [0.25, 0.3) is 5.91 Å². The molecule has 1 saturated heterocycles. The van der Waals surface area contributed by atoms with E-state index in [1.165, 1.54) is 0 Å². The zero-order valence-corrected chi connectivity index (χ0v) is 8.67. The minimum atomic E-state index is -3.61. The standard InChI is InChI=1S/C10H13F2NO3/c11-10(12)7(13-9(10)15)8(14)16-6-4-2-1-3-5-6/h6-7H,1-5H2,(H,13,15)/t7-/m0/s1. The van der Waals surface area contributed by atoms with Gasteiger partial charge in [0.15, 0.2) is 0 Å². The summed E-state index contributed by atoms with van der Waals surface area (Å²) in [7, 11) is 0. The molecule has 0 bridgehead atoms. The third kappa shape index (κ3) is 1.88. The highest BCUT2D eigenvalue weighted by atomic mass is 19.3. The number of carbonyl (C=O) groups is 2. The Hall–Kier alpha value is -1.20. The summed E-state index contributed by atoms with van der Waals surface area (Å²) in [6.07, 6.45) is 4.16. The van der Waals surface area contributed by atoms with E-state index in [9.17, 15) is 18.4 Å². The van der Waals surface area contributed by atoms with Crippen LogP contribution in [0.15, 0.2) is 0 Å². The molecule has 4 nitrogen and oxygen atoms in total. The number of nitrogens with one attached hydrogen (secondary N) is 1. The van der Waals surface area contributed by atoms with Gasteiger partial charge in [0, 0.05) is 0 Å². The van der Waals surface area contributed by atoms with Gasteiger partial charge in [0.1, 0.15) is 6.10 Å². The highest BCUT2D eigenvalue weighted by Crippen LogP contribution is 2.29. The van der Waals surface area contributed by atoms with Gasteiger partial charge < -0.3 is 10.1 Å². The number of hydrogen-bond acceptors (Lipinski definition) is 3. The lowest BCUT2D eigenvalue weighted by Gasteiger charge is -2.35. The Balaban J connectivity index is 1.86. The molecule has 0 unspecified atom stereocenters. The molecule has 90 valence electrons. The number of rotatable bonds is 2. The topological polar surface area (TPSA) is 55.4 Å². The van der Waals surface area contributed by atoms with Gasteiger partial charge in [0.2, 0.25) is 6.04 Å². The fraction of sp³-hybridized carbons (Fsp3) is 0.800. The monoisotopic (exact) mass is 233 g/mol. The minimum absolute atomic E-state index is 0.269. The Kier molecular flexibility index (Phi) is 2.82. The molecule has 1 saturated carbocycles. The van der Waals surface area contributed by atoms with E-state index in [2.05, 4.69) is 0 Å². The normalized spacial score (nSPS) is 29.1. The molecule has 1 aliphatic heterocycles. The lowest BCUT2D eigenvalue weighted by Crippen LogP contribution is -2.71. The van der Waals surface area contributed by atoms with Gasteiger partial charge >= 0.3 is 11.9 Å². The van der Waals surface area contributed by atoms with E-state index in [0.29, 0.717) is 0 Å². The summed E-state index contributed by atoms with van der Waals surface area (Å²) >= 11 is 0. The molecule has 0 aromatic heterocycles. The minimum Gasteiger partial charge on any atom is -0.461 e. The van der Waals surface area contributed by atoms with E-state index in [-0.39, 0.29) is 6.10 Å². The summed E-state index contributed by atoms with van der Waals surface area (Å²) in [6, 6.07) is -1.79. The van der Waals surface area contributed by atoms with Crippen molar-refractivity contribution in [2.24, 2.45) is 0 Å². The highest BCUT2D eigenvalue weighted by Gasteiger charge is 2.62. The van der Waals surface area contributed by atoms with E-state index < -0.39 is 23.8 Å². The smallest absolute Gasteiger partial charge is 0.354 e. The van der Waals surface area contributed by atoms with Crippen molar-refractivity contribution < 1.29 is 23.1 Å². The zero-order chi connectivity index (χ0) is 11.8. The molecule has 1 heterocycles. The van der Waals surface area contributed by atoms with Crippen LogP contribution < -0.4 is 5.32 Å². The summed E-state index contributed by atoms with van der Waals surface area (Å²) in [5.74, 6) is -6.03. The van der Waals surface area contributed by atoms with Crippen molar-refractivity contribution in [3.8, 4) is 0 Å². The van der Waals surface area contributed by atoms with Gasteiger partial charge in [-0.15, -0.1) is 0 Å². The van der Waals surface area contributed by atoms with E-state index in [0.717, 1.165) is 32.1 Å². The summed E-state index contributed by atoms with van der Waals surface area (Å²) < 4.78 is 30.7. The molecular formula is C10H13F2NO3. The molecular weight excluding hydrogens is 220 g/mol. The predicted molar refractivity (Wildman–Crippen MR) is 49.8 cm³/mol. The Morgan fingerprint density at radius 1 is 1.31 bits per heavy atom. The Morgan fingerprint density at radius 3 is 2.44 bits per heavy atom. The number of β-lactam (4-membered cyclic amide) rings is 1. The van der Waals surface area contributed by atoms with E-state index in [1.54, 1.807) is 0 Å². The fourth-order valence-electron chi connectivity index (χ4n) is 1.99. The van der Waals surface area contributed by atoms with E-state index >= 15 is 0 Å². The van der Waals surface area contributed by atoms with Crippen LogP contribution in [-0.2, 0) is 14.3 Å². The number of ether oxygens (including phenoxy) is 1. The van der Waals surface area contributed by atoms with E-state index in [1.807, 2.05) is 5.32 Å². The first-order valence-electron chi connectivity index (χ1n) is 5.41. The molecule has 2 rings (SSSR count). The number of amides is 1. The van der Waals surface area contributed by atoms with E-state index in [4.69, 9.17) is 4.74 Å². The average molecular weight is 233 g/mol. The fourth-order valence-corrected chi connectivity index (χ4v) is 1.99. The number of hydrogen-bond donors (Lipinski definition) is 1. The summed E-state index contributed by atoms with van der Waals surface area (Å²) in [6.45, 7) is 0. The maximum atomic E-state index is 12.9. The summed E-state index contributed by atoms with van der Waals surface area (Å²) in [4.78, 5) is 21.8. The van der Waals surface area contributed by atoms with Gasteiger partial charge in [-0.2, -0.15) is 8.78 Å². The van der Waals surface area contributed by atoms with Crippen molar-refractivity contribution in [3.05, 3.63) is 0 Å². The average Bonchev–Trinajstić information content (AvgIpc) is 2.27. The molecule has 1 atom stereocenters. The van der Waals surface area contributed by atoms with Crippen LogP contribution in [0.2, 0.25) is 0 Å². The second-order valence-electron chi connectivity index (χ2n) is 4.23. The molecule has 0 aromatic carbocycles. The van der Waals surface area contributed by atoms with Gasteiger partial charge in [-0.25, -0.2) is 4.79 Å². The third-order valence-electron chi connectivity index (χ3n) is 3.01. The SMILES string of the molecule is O=C(OC1CCCCC1)[C@@H]1NC(=O)C1(F)F. The Morgan fingerprint density at radius 2 is 1.94 bits per heavy atom. The molecule has 2 fully saturated rings. The van der Waals surface area contributed by atoms with Crippen LogP contribution in [0.5, 0.6) is 0 Å². The van der Waals surface area contributed by atoms with Crippen LogP contribution >= 0.6 is 0 Å². The molecule has 0 radical (unpaired) electrons. The molecule has 2 aliphatic rings. The van der Waals surface area contributed by atoms with Crippen LogP contribution in [0.1, 0.15) is 32.1 Å². The number of alkyl halides is 2. The predicted octanol–water partition coefficient (Wildman–Crippen LogP) is 0.996. The molecule has 1 aliphatic carbocycles. The van der Waals surface area contributed by atoms with Gasteiger partial charge in [-0.05, 0) is 25.7 Å². The largest absolute Gasteiger partial charge is 0.461 e. The first-order chi connectivity index (χ1) is 7.51. The van der Waals surface area contributed by atoms with Crippen molar-refractivity contribution >= 4 is 11.9 Å². The van der Waals surface area contributed by atoms with Crippen LogP contribution in [0, 0.1) is 0 Å². The van der Waals surface area contributed by atoms with Crippen molar-refractivity contribution in [2.75, 3.05) is 0 Å².